The fourth-order valence-electron chi connectivity index (χ4n) is 0.762. The minimum atomic E-state index is -0.202. The molecule has 0 aromatic carbocycles. The van der Waals surface area contributed by atoms with Gasteiger partial charge in [-0.15, -0.1) is 0 Å². The summed E-state index contributed by atoms with van der Waals surface area (Å²) in [5.74, 6) is 0. The van der Waals surface area contributed by atoms with Crippen LogP contribution in [-0.4, -0.2) is 57.3 Å². The SMILES string of the molecule is COC(CN(C)CCO)OC. The number of likely N-dealkylation sites (N-methyl/N-ethyl adjacent to an activating group) is 1. The van der Waals surface area contributed by atoms with Gasteiger partial charge in [-0.2, -0.15) is 0 Å². The van der Waals surface area contributed by atoms with E-state index in [0.29, 0.717) is 13.1 Å². The molecule has 0 radical (unpaired) electrons. The molecule has 0 bridgehead atoms. The molecule has 0 aliphatic heterocycles. The van der Waals surface area contributed by atoms with Crippen LogP contribution in [0.5, 0.6) is 0 Å². The Morgan fingerprint density at radius 2 is 1.91 bits per heavy atom. The van der Waals surface area contributed by atoms with Gasteiger partial charge in [0.15, 0.2) is 6.29 Å². The van der Waals surface area contributed by atoms with E-state index < -0.39 is 0 Å². The first-order chi connectivity index (χ1) is 5.24. The maximum Gasteiger partial charge on any atom is 0.169 e. The van der Waals surface area contributed by atoms with Crippen LogP contribution in [-0.2, 0) is 9.47 Å². The zero-order valence-electron chi connectivity index (χ0n) is 7.41. The summed E-state index contributed by atoms with van der Waals surface area (Å²) in [7, 11) is 5.10. The lowest BCUT2D eigenvalue weighted by Gasteiger charge is -2.20. The Bertz CT molecular complexity index is 85.8. The van der Waals surface area contributed by atoms with Gasteiger partial charge in [0.2, 0.25) is 0 Å². The zero-order valence-corrected chi connectivity index (χ0v) is 7.41. The van der Waals surface area contributed by atoms with E-state index in [4.69, 9.17) is 14.6 Å². The second kappa shape index (κ2) is 6.54. The maximum absolute atomic E-state index is 8.57. The predicted octanol–water partition coefficient (Wildman–Crippen LogP) is -0.471. The second-order valence-electron chi connectivity index (χ2n) is 2.39. The Morgan fingerprint density at radius 3 is 2.27 bits per heavy atom. The number of aliphatic hydroxyl groups is 1. The number of hydrogen-bond acceptors (Lipinski definition) is 4. The van der Waals surface area contributed by atoms with Crippen molar-refractivity contribution in [2.45, 2.75) is 6.29 Å². The molecular weight excluding hydrogens is 146 g/mol. The Kier molecular flexibility index (Phi) is 6.45. The summed E-state index contributed by atoms with van der Waals surface area (Å²) in [4.78, 5) is 1.94. The normalized spacial score (nSPS) is 11.5. The summed E-state index contributed by atoms with van der Waals surface area (Å²) in [5.41, 5.74) is 0. The van der Waals surface area contributed by atoms with Crippen molar-refractivity contribution in [2.24, 2.45) is 0 Å². The molecule has 0 spiro atoms. The molecular formula is C7H17NO3. The minimum absolute atomic E-state index is 0.163. The summed E-state index contributed by atoms with van der Waals surface area (Å²) in [5, 5.41) is 8.57. The van der Waals surface area contributed by atoms with Crippen molar-refractivity contribution in [1.29, 1.82) is 0 Å². The largest absolute Gasteiger partial charge is 0.395 e. The van der Waals surface area contributed by atoms with Crippen LogP contribution in [0.15, 0.2) is 0 Å². The highest BCUT2D eigenvalue weighted by molar-refractivity contribution is 4.52. The highest BCUT2D eigenvalue weighted by atomic mass is 16.7. The fourth-order valence-corrected chi connectivity index (χ4v) is 0.762. The van der Waals surface area contributed by atoms with Gasteiger partial charge in [-0.05, 0) is 7.05 Å². The first kappa shape index (κ1) is 10.8. The molecule has 4 nitrogen and oxygen atoms in total. The van der Waals surface area contributed by atoms with Gasteiger partial charge in [-0.25, -0.2) is 0 Å². The summed E-state index contributed by atoms with van der Waals surface area (Å²) in [6.07, 6.45) is -0.202. The summed E-state index contributed by atoms with van der Waals surface area (Å²) in [6, 6.07) is 0. The molecule has 0 heterocycles. The van der Waals surface area contributed by atoms with Crippen molar-refractivity contribution in [3.63, 3.8) is 0 Å². The number of hydrogen-bond donors (Lipinski definition) is 1. The van der Waals surface area contributed by atoms with Crippen LogP contribution in [0.2, 0.25) is 0 Å². The molecule has 0 aromatic heterocycles. The smallest absolute Gasteiger partial charge is 0.169 e. The maximum atomic E-state index is 8.57. The number of rotatable bonds is 6. The van der Waals surface area contributed by atoms with Crippen molar-refractivity contribution in [2.75, 3.05) is 41.0 Å². The summed E-state index contributed by atoms with van der Waals surface area (Å²) >= 11 is 0. The molecule has 0 unspecified atom stereocenters. The molecule has 0 aliphatic rings. The van der Waals surface area contributed by atoms with E-state index in [0.717, 1.165) is 0 Å². The molecule has 0 saturated heterocycles. The van der Waals surface area contributed by atoms with Crippen molar-refractivity contribution in [1.82, 2.24) is 4.90 Å². The average Bonchev–Trinajstić information content (AvgIpc) is 2.01. The lowest BCUT2D eigenvalue weighted by Crippen LogP contribution is -2.33. The first-order valence-electron chi connectivity index (χ1n) is 3.59. The van der Waals surface area contributed by atoms with Crippen LogP contribution >= 0.6 is 0 Å². The van der Waals surface area contributed by atoms with Crippen LogP contribution in [0.1, 0.15) is 0 Å². The Balaban J connectivity index is 3.44. The molecule has 4 heteroatoms. The van der Waals surface area contributed by atoms with Crippen LogP contribution < -0.4 is 0 Å². The van der Waals surface area contributed by atoms with E-state index in [1.165, 1.54) is 0 Å². The Labute approximate surface area is 67.7 Å². The summed E-state index contributed by atoms with van der Waals surface area (Å²) < 4.78 is 9.94. The molecule has 0 aromatic rings. The van der Waals surface area contributed by atoms with E-state index in [1.807, 2.05) is 11.9 Å². The fraction of sp³-hybridized carbons (Fsp3) is 1.00. The standard InChI is InChI=1S/C7H17NO3/c1-8(4-5-9)6-7(10-2)11-3/h7,9H,4-6H2,1-3H3. The van der Waals surface area contributed by atoms with E-state index in [-0.39, 0.29) is 12.9 Å². The number of ether oxygens (including phenoxy) is 2. The second-order valence-corrected chi connectivity index (χ2v) is 2.39. The number of aliphatic hydroxyl groups excluding tert-OH is 1. The molecule has 0 rings (SSSR count). The third-order valence-electron chi connectivity index (χ3n) is 1.47. The molecule has 68 valence electrons. The van der Waals surface area contributed by atoms with Gasteiger partial charge in [-0.1, -0.05) is 0 Å². The number of methoxy groups -OCH3 is 2. The predicted molar refractivity (Wildman–Crippen MR) is 42.4 cm³/mol. The first-order valence-corrected chi connectivity index (χ1v) is 3.59. The third kappa shape index (κ3) is 5.15. The summed E-state index contributed by atoms with van der Waals surface area (Å²) in [6.45, 7) is 1.48. The van der Waals surface area contributed by atoms with Crippen molar-refractivity contribution in [3.8, 4) is 0 Å². The van der Waals surface area contributed by atoms with Crippen LogP contribution in [0.25, 0.3) is 0 Å². The van der Waals surface area contributed by atoms with Gasteiger partial charge < -0.3 is 14.6 Å². The molecule has 11 heavy (non-hydrogen) atoms. The lowest BCUT2D eigenvalue weighted by atomic mass is 10.5. The van der Waals surface area contributed by atoms with Gasteiger partial charge in [0.05, 0.1) is 6.61 Å². The van der Waals surface area contributed by atoms with Crippen LogP contribution in [0.3, 0.4) is 0 Å². The Hall–Kier alpha value is -0.160. The van der Waals surface area contributed by atoms with Gasteiger partial charge >= 0.3 is 0 Å². The van der Waals surface area contributed by atoms with Gasteiger partial charge in [0.1, 0.15) is 0 Å². The van der Waals surface area contributed by atoms with E-state index >= 15 is 0 Å². The van der Waals surface area contributed by atoms with Crippen molar-refractivity contribution >= 4 is 0 Å². The van der Waals surface area contributed by atoms with E-state index in [1.54, 1.807) is 14.2 Å². The van der Waals surface area contributed by atoms with Crippen molar-refractivity contribution < 1.29 is 14.6 Å². The number of nitrogens with zero attached hydrogens (tertiary/aromatic N) is 1. The zero-order chi connectivity index (χ0) is 8.69. The van der Waals surface area contributed by atoms with Crippen LogP contribution in [0, 0.1) is 0 Å². The van der Waals surface area contributed by atoms with Gasteiger partial charge in [0.25, 0.3) is 0 Å². The van der Waals surface area contributed by atoms with Crippen molar-refractivity contribution in [3.05, 3.63) is 0 Å². The Morgan fingerprint density at radius 1 is 1.36 bits per heavy atom. The van der Waals surface area contributed by atoms with E-state index in [9.17, 15) is 0 Å². The quantitative estimate of drug-likeness (QED) is 0.537. The average molecular weight is 163 g/mol. The highest BCUT2D eigenvalue weighted by Crippen LogP contribution is 1.93. The monoisotopic (exact) mass is 163 g/mol. The molecule has 0 aliphatic carbocycles. The minimum Gasteiger partial charge on any atom is -0.395 e. The van der Waals surface area contributed by atoms with Crippen LogP contribution in [0.4, 0.5) is 0 Å². The van der Waals surface area contributed by atoms with E-state index in [2.05, 4.69) is 0 Å². The molecule has 0 fully saturated rings. The molecule has 1 N–H and O–H groups in total. The third-order valence-corrected chi connectivity index (χ3v) is 1.47. The highest BCUT2D eigenvalue weighted by Gasteiger charge is 2.07. The molecule has 0 atom stereocenters. The molecule has 0 amide bonds. The van der Waals surface area contributed by atoms with Gasteiger partial charge in [-0.3, -0.25) is 4.90 Å². The topological polar surface area (TPSA) is 41.9 Å². The van der Waals surface area contributed by atoms with Gasteiger partial charge in [0, 0.05) is 27.3 Å². The molecule has 0 saturated carbocycles. The lowest BCUT2D eigenvalue weighted by molar-refractivity contribution is -0.114.